The largest absolute Gasteiger partial charge is 0.379 e. The van der Waals surface area contributed by atoms with E-state index < -0.39 is 0 Å². The molecule has 3 heterocycles. The third-order valence-electron chi connectivity index (χ3n) is 7.87. The summed E-state index contributed by atoms with van der Waals surface area (Å²) in [7, 11) is 2.14. The van der Waals surface area contributed by atoms with Crippen molar-refractivity contribution in [3.63, 3.8) is 0 Å². The minimum atomic E-state index is -0.00764. The number of hydrogen-bond acceptors (Lipinski definition) is 6. The van der Waals surface area contributed by atoms with E-state index in [4.69, 9.17) is 21.3 Å². The molecule has 0 N–H and O–H groups in total. The fourth-order valence-corrected chi connectivity index (χ4v) is 6.76. The third-order valence-corrected chi connectivity index (χ3v) is 9.20. The Morgan fingerprint density at radius 2 is 1.89 bits per heavy atom. The molecular weight excluding hydrogens is 516 g/mol. The maximum Gasteiger partial charge on any atom is 0.266 e. The van der Waals surface area contributed by atoms with Gasteiger partial charge in [-0.3, -0.25) is 14.6 Å². The van der Waals surface area contributed by atoms with E-state index >= 15 is 0 Å². The number of rotatable bonds is 6. The average molecular weight is 553 g/mol. The number of benzene rings is 2. The van der Waals surface area contributed by atoms with Crippen LogP contribution >= 0.6 is 23.4 Å². The maximum atomic E-state index is 13.7. The number of hydrogen-bond donors (Lipinski definition) is 0. The van der Waals surface area contributed by atoms with Gasteiger partial charge in [0.2, 0.25) is 0 Å². The van der Waals surface area contributed by atoms with Crippen LogP contribution in [-0.2, 0) is 9.53 Å². The van der Waals surface area contributed by atoms with Crippen molar-refractivity contribution in [2.24, 2.45) is 4.99 Å². The molecule has 0 spiro atoms. The van der Waals surface area contributed by atoms with Crippen LogP contribution in [0.15, 0.2) is 52.4 Å². The molecule has 0 saturated carbocycles. The highest BCUT2D eigenvalue weighted by molar-refractivity contribution is 8.18. The molecule has 1 amide bonds. The van der Waals surface area contributed by atoms with Gasteiger partial charge in [-0.05, 0) is 85.8 Å². The number of anilines is 1. The first kappa shape index (κ1) is 27.3. The summed E-state index contributed by atoms with van der Waals surface area (Å²) in [6.45, 7) is 11.8. The van der Waals surface area contributed by atoms with Gasteiger partial charge in [-0.1, -0.05) is 36.7 Å². The van der Waals surface area contributed by atoms with Crippen LogP contribution < -0.4 is 4.90 Å². The van der Waals surface area contributed by atoms with E-state index in [1.54, 1.807) is 0 Å². The Labute approximate surface area is 235 Å². The zero-order valence-corrected chi connectivity index (χ0v) is 24.3. The van der Waals surface area contributed by atoms with E-state index in [2.05, 4.69) is 49.8 Å². The molecular formula is C30H37ClN4O2S. The molecule has 2 saturated heterocycles. The molecule has 2 aromatic carbocycles. The minimum Gasteiger partial charge on any atom is -0.379 e. The molecule has 2 fully saturated rings. The number of halogens is 1. The molecule has 6 nitrogen and oxygen atoms in total. The fraction of sp³-hybridized carbons (Fsp3) is 0.467. The summed E-state index contributed by atoms with van der Waals surface area (Å²) in [4.78, 5) is 25.7. The van der Waals surface area contributed by atoms with Crippen molar-refractivity contribution in [2.45, 2.75) is 45.1 Å². The number of amidine groups is 1. The van der Waals surface area contributed by atoms with Gasteiger partial charge in [0.05, 0.1) is 23.8 Å². The monoisotopic (exact) mass is 552 g/mol. The van der Waals surface area contributed by atoms with Gasteiger partial charge in [-0.2, -0.15) is 0 Å². The molecule has 0 radical (unpaired) electrons. The van der Waals surface area contributed by atoms with Gasteiger partial charge in [0.15, 0.2) is 5.17 Å². The van der Waals surface area contributed by atoms with Gasteiger partial charge in [-0.15, -0.1) is 0 Å². The number of thioether (sulfide) groups is 1. The Hall–Kier alpha value is -2.32. The molecule has 0 aromatic heterocycles. The Bertz CT molecular complexity index is 1240. The van der Waals surface area contributed by atoms with Crippen molar-refractivity contribution in [1.29, 1.82) is 0 Å². The highest BCUT2D eigenvalue weighted by Gasteiger charge is 2.36. The summed E-state index contributed by atoms with van der Waals surface area (Å²) in [5, 5.41) is 1.38. The Morgan fingerprint density at radius 1 is 1.16 bits per heavy atom. The standard InChI is InChI=1S/C30H37ClN4O2S/c1-21-20-30(2,3)33(4)26-19-25(31)22(17-24(21)26)18-27-28(36)35(12-8-11-34-13-15-37-16-14-34)29(38-27)32-23-9-6-5-7-10-23/h5-7,9-10,17-19,21H,8,11-16,20H2,1-4H3/b27-18+,32-29?. The van der Waals surface area contributed by atoms with Gasteiger partial charge in [0.25, 0.3) is 5.91 Å². The second kappa shape index (κ2) is 11.4. The molecule has 1 atom stereocenters. The van der Waals surface area contributed by atoms with E-state index in [1.165, 1.54) is 23.0 Å². The normalized spacial score (nSPS) is 23.9. The molecule has 38 heavy (non-hydrogen) atoms. The van der Waals surface area contributed by atoms with Crippen LogP contribution in [-0.4, -0.2) is 72.9 Å². The van der Waals surface area contributed by atoms with Crippen LogP contribution in [0.25, 0.3) is 6.08 Å². The molecule has 3 aliphatic rings. The van der Waals surface area contributed by atoms with Crippen LogP contribution in [0.1, 0.15) is 50.7 Å². The number of aliphatic imine (C=N–C) groups is 1. The zero-order valence-electron chi connectivity index (χ0n) is 22.7. The van der Waals surface area contributed by atoms with E-state index in [1.807, 2.05) is 41.3 Å². The summed E-state index contributed by atoms with van der Waals surface area (Å²) in [6, 6.07) is 14.1. The van der Waals surface area contributed by atoms with Crippen molar-refractivity contribution < 1.29 is 9.53 Å². The van der Waals surface area contributed by atoms with Gasteiger partial charge in [0, 0.05) is 49.5 Å². The second-order valence-corrected chi connectivity index (χ2v) is 12.4. The van der Waals surface area contributed by atoms with Crippen molar-refractivity contribution in [2.75, 3.05) is 51.3 Å². The summed E-state index contributed by atoms with van der Waals surface area (Å²) in [5.74, 6) is 0.399. The van der Waals surface area contributed by atoms with E-state index in [9.17, 15) is 4.79 Å². The minimum absolute atomic E-state index is 0.00764. The van der Waals surface area contributed by atoms with Crippen LogP contribution in [0.4, 0.5) is 11.4 Å². The predicted octanol–water partition coefficient (Wildman–Crippen LogP) is 6.39. The average Bonchev–Trinajstić information content (AvgIpc) is 3.18. The van der Waals surface area contributed by atoms with E-state index in [0.717, 1.165) is 62.1 Å². The van der Waals surface area contributed by atoms with Crippen molar-refractivity contribution >= 4 is 51.9 Å². The second-order valence-electron chi connectivity index (χ2n) is 11.0. The number of morpholine rings is 1. The lowest BCUT2D eigenvalue weighted by atomic mass is 9.80. The number of carbonyl (C=O) groups excluding carboxylic acids is 1. The molecule has 0 bridgehead atoms. The SMILES string of the molecule is CC1CC(C)(C)N(C)c2cc(Cl)c(/C=C3/SC(=Nc4ccccc4)N(CCCN4CCOCC4)C3=O)cc21. The number of nitrogens with zero attached hydrogens (tertiary/aromatic N) is 4. The number of ether oxygens (including phenoxy) is 1. The van der Waals surface area contributed by atoms with Gasteiger partial charge >= 0.3 is 0 Å². The lowest BCUT2D eigenvalue weighted by Gasteiger charge is -2.45. The third kappa shape index (κ3) is 5.81. The number of carbonyl (C=O) groups is 1. The lowest BCUT2D eigenvalue weighted by Crippen LogP contribution is -2.45. The summed E-state index contributed by atoms with van der Waals surface area (Å²) in [5.41, 5.74) is 4.24. The molecule has 2 aromatic rings. The maximum absolute atomic E-state index is 13.7. The van der Waals surface area contributed by atoms with Crippen LogP contribution in [0, 0.1) is 0 Å². The zero-order chi connectivity index (χ0) is 26.9. The first-order valence-electron chi connectivity index (χ1n) is 13.5. The smallest absolute Gasteiger partial charge is 0.266 e. The topological polar surface area (TPSA) is 48.4 Å². The Balaban J connectivity index is 1.42. The summed E-state index contributed by atoms with van der Waals surface area (Å²) < 4.78 is 5.47. The van der Waals surface area contributed by atoms with Gasteiger partial charge in [0.1, 0.15) is 0 Å². The number of fused-ring (bicyclic) bond motifs is 1. The van der Waals surface area contributed by atoms with Crippen LogP contribution in [0.5, 0.6) is 0 Å². The van der Waals surface area contributed by atoms with Crippen molar-refractivity contribution in [1.82, 2.24) is 9.80 Å². The first-order chi connectivity index (χ1) is 18.2. The lowest BCUT2D eigenvalue weighted by molar-refractivity contribution is -0.122. The van der Waals surface area contributed by atoms with Crippen molar-refractivity contribution in [3.05, 3.63) is 63.5 Å². The van der Waals surface area contributed by atoms with Gasteiger partial charge < -0.3 is 9.64 Å². The van der Waals surface area contributed by atoms with E-state index in [0.29, 0.717) is 22.4 Å². The van der Waals surface area contributed by atoms with Gasteiger partial charge in [-0.25, -0.2) is 4.99 Å². The first-order valence-corrected chi connectivity index (χ1v) is 14.6. The molecule has 5 rings (SSSR count). The molecule has 3 aliphatic heterocycles. The summed E-state index contributed by atoms with van der Waals surface area (Å²) in [6.07, 6.45) is 3.89. The van der Waals surface area contributed by atoms with Crippen LogP contribution in [0.2, 0.25) is 5.02 Å². The Kier molecular flexibility index (Phi) is 8.19. The molecule has 8 heteroatoms. The number of para-hydroxylation sites is 1. The van der Waals surface area contributed by atoms with E-state index in [-0.39, 0.29) is 11.4 Å². The highest BCUT2D eigenvalue weighted by Crippen LogP contribution is 2.45. The van der Waals surface area contributed by atoms with Crippen molar-refractivity contribution in [3.8, 4) is 0 Å². The van der Waals surface area contributed by atoms with Crippen LogP contribution in [0.3, 0.4) is 0 Å². The predicted molar refractivity (Wildman–Crippen MR) is 160 cm³/mol. The number of amides is 1. The quantitative estimate of drug-likeness (QED) is 0.389. The Morgan fingerprint density at radius 3 is 2.63 bits per heavy atom. The molecule has 0 aliphatic carbocycles. The molecule has 1 unspecified atom stereocenters. The molecule has 202 valence electrons. The fourth-order valence-electron chi connectivity index (χ4n) is 5.54. The summed E-state index contributed by atoms with van der Waals surface area (Å²) >= 11 is 8.25. The highest BCUT2D eigenvalue weighted by atomic mass is 35.5.